The number of nitrogens with zero attached hydrogens (tertiary/aromatic N) is 4. The van der Waals surface area contributed by atoms with Crippen LogP contribution in [0.1, 0.15) is 0 Å². The van der Waals surface area contributed by atoms with Crippen LogP contribution in [0.3, 0.4) is 0 Å². The maximum atomic E-state index is 11.9. The molecule has 4 heterocycles. The fraction of sp³-hybridized carbons (Fsp3) is 0.583. The molecular formula is C12H17ClN6O2. The Kier molecular flexibility index (Phi) is 3.83. The molecule has 0 saturated carbocycles. The lowest BCUT2D eigenvalue weighted by Gasteiger charge is -2.25. The van der Waals surface area contributed by atoms with E-state index >= 15 is 0 Å². The molecule has 0 spiro atoms. The molecule has 0 bridgehead atoms. The molecule has 1 saturated heterocycles. The lowest BCUT2D eigenvalue weighted by molar-refractivity contribution is -0.115. The first-order valence-electron chi connectivity index (χ1n) is 6.82. The van der Waals surface area contributed by atoms with E-state index in [4.69, 9.17) is 4.74 Å². The molecular weight excluding hydrogens is 296 g/mol. The van der Waals surface area contributed by atoms with Crippen molar-refractivity contribution in [1.29, 1.82) is 0 Å². The van der Waals surface area contributed by atoms with E-state index in [1.807, 2.05) is 4.68 Å². The summed E-state index contributed by atoms with van der Waals surface area (Å²) in [4.78, 5) is 18.5. The second kappa shape index (κ2) is 5.63. The van der Waals surface area contributed by atoms with Gasteiger partial charge in [-0.3, -0.25) is 4.79 Å². The Bertz CT molecular complexity index is 593. The molecule has 1 aromatic rings. The molecule has 0 atom stereocenters. The van der Waals surface area contributed by atoms with Gasteiger partial charge in [0.05, 0.1) is 32.0 Å². The molecule has 3 aliphatic rings. The smallest absolute Gasteiger partial charge is 0.246 e. The zero-order valence-corrected chi connectivity index (χ0v) is 12.3. The van der Waals surface area contributed by atoms with E-state index in [2.05, 4.69) is 25.6 Å². The van der Waals surface area contributed by atoms with Gasteiger partial charge in [-0.15, -0.1) is 17.5 Å². The van der Waals surface area contributed by atoms with Crippen molar-refractivity contribution in [2.24, 2.45) is 0 Å². The second-order valence-corrected chi connectivity index (χ2v) is 5.12. The topological polar surface area (TPSA) is 84.3 Å². The minimum Gasteiger partial charge on any atom is -0.378 e. The molecule has 21 heavy (non-hydrogen) atoms. The van der Waals surface area contributed by atoms with E-state index in [1.54, 1.807) is 0 Å². The van der Waals surface area contributed by atoms with E-state index in [1.165, 1.54) is 0 Å². The Morgan fingerprint density at radius 3 is 2.81 bits per heavy atom. The van der Waals surface area contributed by atoms with Crippen molar-refractivity contribution in [2.45, 2.75) is 6.54 Å². The van der Waals surface area contributed by atoms with Gasteiger partial charge in [0.1, 0.15) is 0 Å². The lowest BCUT2D eigenvalue weighted by atomic mass is 10.1. The number of ketones is 1. The van der Waals surface area contributed by atoms with Crippen LogP contribution in [-0.4, -0.2) is 59.9 Å². The molecule has 2 N–H and O–H groups in total. The van der Waals surface area contributed by atoms with Gasteiger partial charge >= 0.3 is 0 Å². The largest absolute Gasteiger partial charge is 0.378 e. The summed E-state index contributed by atoms with van der Waals surface area (Å²) >= 11 is 0. The molecule has 1 aromatic heterocycles. The number of nitrogens with one attached hydrogen (secondary N) is 2. The second-order valence-electron chi connectivity index (χ2n) is 5.12. The van der Waals surface area contributed by atoms with E-state index < -0.39 is 0 Å². The van der Waals surface area contributed by atoms with Crippen LogP contribution in [0.15, 0.2) is 11.3 Å². The first-order chi connectivity index (χ1) is 9.81. The summed E-state index contributed by atoms with van der Waals surface area (Å²) in [5, 5.41) is 10.8. The predicted octanol–water partition coefficient (Wildman–Crippen LogP) is -0.612. The first-order valence-corrected chi connectivity index (χ1v) is 6.82. The number of ether oxygens (including phenoxy) is 1. The highest BCUT2D eigenvalue weighted by Gasteiger charge is 2.28. The Balaban J connectivity index is 0.00000132. The molecule has 1 fully saturated rings. The number of Topliss-reactive ketones (excluding diaryl/α,β-unsaturated/α-hetero) is 1. The third-order valence-corrected chi connectivity index (χ3v) is 3.79. The third-order valence-electron chi connectivity index (χ3n) is 3.79. The van der Waals surface area contributed by atoms with E-state index in [9.17, 15) is 4.79 Å². The number of fused-ring (bicyclic) bond motifs is 1. The van der Waals surface area contributed by atoms with Gasteiger partial charge in [-0.25, -0.2) is 4.68 Å². The molecule has 0 aliphatic carbocycles. The van der Waals surface area contributed by atoms with Crippen molar-refractivity contribution < 1.29 is 9.53 Å². The Hall–Kier alpha value is -1.64. The van der Waals surface area contributed by atoms with Crippen LogP contribution in [0.4, 0.5) is 11.9 Å². The highest BCUT2D eigenvalue weighted by Crippen LogP contribution is 2.24. The van der Waals surface area contributed by atoms with Crippen LogP contribution in [0.2, 0.25) is 0 Å². The van der Waals surface area contributed by atoms with Crippen molar-refractivity contribution in [3.05, 3.63) is 11.3 Å². The molecule has 0 radical (unpaired) electrons. The van der Waals surface area contributed by atoms with Gasteiger partial charge in [-0.2, -0.15) is 4.98 Å². The van der Waals surface area contributed by atoms with Gasteiger partial charge in [0.15, 0.2) is 5.78 Å². The number of halogens is 1. The SMILES string of the molecule is Cl.O=C1CNCC2=C1Nc1nc(N3CCOCC3)nn1C2. The van der Waals surface area contributed by atoms with Gasteiger partial charge < -0.3 is 20.3 Å². The van der Waals surface area contributed by atoms with Crippen molar-refractivity contribution in [3.63, 3.8) is 0 Å². The number of carbonyl (C=O) groups is 1. The predicted molar refractivity (Wildman–Crippen MR) is 78.8 cm³/mol. The number of rotatable bonds is 1. The molecule has 9 heteroatoms. The maximum absolute atomic E-state index is 11.9. The normalized spacial score (nSPS) is 21.3. The number of carbonyl (C=O) groups excluding carboxylic acids is 1. The standard InChI is InChI=1S/C12H16N6O2.ClH/c19-9-6-13-5-8-7-18-11(14-10(8)9)15-12(16-18)17-1-3-20-4-2-17;/h13H,1-7H2,(H,14,15,16);1H. The minimum atomic E-state index is 0. The summed E-state index contributed by atoms with van der Waals surface area (Å²) in [7, 11) is 0. The average Bonchev–Trinajstić information content (AvgIpc) is 2.90. The summed E-state index contributed by atoms with van der Waals surface area (Å²) in [6.45, 7) is 4.74. The number of morpholine rings is 1. The number of hydrogen-bond donors (Lipinski definition) is 2. The highest BCUT2D eigenvalue weighted by atomic mass is 35.5. The number of anilines is 2. The minimum absolute atomic E-state index is 0. The summed E-state index contributed by atoms with van der Waals surface area (Å²) in [5.41, 5.74) is 1.74. The summed E-state index contributed by atoms with van der Waals surface area (Å²) in [6.07, 6.45) is 0. The van der Waals surface area contributed by atoms with E-state index in [-0.39, 0.29) is 18.2 Å². The Morgan fingerprint density at radius 1 is 1.19 bits per heavy atom. The van der Waals surface area contributed by atoms with Crippen molar-refractivity contribution >= 4 is 30.1 Å². The Morgan fingerprint density at radius 2 is 2.00 bits per heavy atom. The van der Waals surface area contributed by atoms with Crippen molar-refractivity contribution in [2.75, 3.05) is 49.6 Å². The number of aromatic nitrogens is 3. The van der Waals surface area contributed by atoms with Crippen LogP contribution < -0.4 is 15.5 Å². The third kappa shape index (κ3) is 2.50. The zero-order chi connectivity index (χ0) is 13.5. The maximum Gasteiger partial charge on any atom is 0.246 e. The summed E-state index contributed by atoms with van der Waals surface area (Å²) < 4.78 is 7.16. The van der Waals surface area contributed by atoms with Gasteiger partial charge in [0.2, 0.25) is 11.9 Å². The molecule has 114 valence electrons. The van der Waals surface area contributed by atoms with Crippen LogP contribution in [0.5, 0.6) is 0 Å². The van der Waals surface area contributed by atoms with Crippen LogP contribution in [0.25, 0.3) is 0 Å². The molecule has 0 aromatic carbocycles. The first kappa shape index (κ1) is 14.3. The lowest BCUT2D eigenvalue weighted by Crippen LogP contribution is -2.39. The quantitative estimate of drug-likeness (QED) is 0.715. The van der Waals surface area contributed by atoms with Crippen molar-refractivity contribution in [1.82, 2.24) is 20.1 Å². The van der Waals surface area contributed by atoms with Gasteiger partial charge in [0.25, 0.3) is 0 Å². The fourth-order valence-electron chi connectivity index (χ4n) is 2.72. The van der Waals surface area contributed by atoms with E-state index in [0.29, 0.717) is 43.9 Å². The molecule has 4 rings (SSSR count). The zero-order valence-electron chi connectivity index (χ0n) is 11.5. The monoisotopic (exact) mass is 312 g/mol. The molecule has 3 aliphatic heterocycles. The van der Waals surface area contributed by atoms with Crippen molar-refractivity contribution in [3.8, 4) is 0 Å². The summed E-state index contributed by atoms with van der Waals surface area (Å²) in [5.74, 6) is 1.45. The molecule has 0 amide bonds. The van der Waals surface area contributed by atoms with Gasteiger partial charge in [-0.1, -0.05) is 0 Å². The number of hydrogen-bond acceptors (Lipinski definition) is 7. The van der Waals surface area contributed by atoms with Crippen LogP contribution in [-0.2, 0) is 16.1 Å². The Labute approximate surface area is 127 Å². The molecule has 8 nitrogen and oxygen atoms in total. The van der Waals surface area contributed by atoms with Crippen LogP contribution >= 0.6 is 12.4 Å². The summed E-state index contributed by atoms with van der Waals surface area (Å²) in [6, 6.07) is 0. The average molecular weight is 313 g/mol. The molecule has 0 unspecified atom stereocenters. The van der Waals surface area contributed by atoms with Gasteiger partial charge in [0, 0.05) is 19.6 Å². The van der Waals surface area contributed by atoms with E-state index in [0.717, 1.165) is 25.2 Å². The highest BCUT2D eigenvalue weighted by molar-refractivity contribution is 6.01. The van der Waals surface area contributed by atoms with Gasteiger partial charge in [-0.05, 0) is 5.57 Å². The van der Waals surface area contributed by atoms with Crippen LogP contribution in [0, 0.1) is 0 Å². The fourth-order valence-corrected chi connectivity index (χ4v) is 2.72.